The van der Waals surface area contributed by atoms with Gasteiger partial charge in [-0.15, -0.1) is 0 Å². The van der Waals surface area contributed by atoms with E-state index in [9.17, 15) is 10.3 Å². The van der Waals surface area contributed by atoms with E-state index in [1.54, 1.807) is 6.07 Å². The van der Waals surface area contributed by atoms with Crippen LogP contribution in [0.2, 0.25) is 10.0 Å². The van der Waals surface area contributed by atoms with Crippen LogP contribution in [0.4, 0.5) is 17.5 Å². The average molecular weight is 420 g/mol. The first-order valence-corrected chi connectivity index (χ1v) is 9.46. The van der Waals surface area contributed by atoms with Crippen LogP contribution in [-0.2, 0) is 16.0 Å². The van der Waals surface area contributed by atoms with Crippen LogP contribution >= 0.6 is 23.2 Å². The summed E-state index contributed by atoms with van der Waals surface area (Å²) in [4.78, 5) is 8.61. The number of hydrogen-bond acceptors (Lipinski definition) is 8. The predicted octanol–water partition coefficient (Wildman–Crippen LogP) is 2.09. The molecule has 2 aliphatic heterocycles. The summed E-state index contributed by atoms with van der Waals surface area (Å²) in [5.74, 6) is 0.548. The minimum absolute atomic E-state index is 0.182. The number of rotatable bonds is 4. The lowest BCUT2D eigenvalue weighted by atomic mass is 9.79. The molecular weight excluding hydrogens is 404 g/mol. The van der Waals surface area contributed by atoms with Crippen molar-refractivity contribution in [2.75, 3.05) is 23.8 Å². The molecule has 0 bridgehead atoms. The van der Waals surface area contributed by atoms with Crippen LogP contribution in [0.15, 0.2) is 18.3 Å². The van der Waals surface area contributed by atoms with Gasteiger partial charge in [0, 0.05) is 22.8 Å². The number of halogens is 2. The molecule has 1 aromatic heterocycles. The molecule has 8 nitrogen and oxygen atoms in total. The molecule has 4 rings (SSSR count). The molecule has 2 atom stereocenters. The lowest BCUT2D eigenvalue weighted by Gasteiger charge is -2.28. The highest BCUT2D eigenvalue weighted by Crippen LogP contribution is 2.27. The number of fused-ring (bicyclic) bond motifs is 1. The van der Waals surface area contributed by atoms with Crippen LogP contribution < -0.4 is 16.1 Å². The molecule has 3 heterocycles. The Morgan fingerprint density at radius 3 is 3.00 bits per heavy atom. The largest absolute Gasteiger partial charge is 0.493 e. The summed E-state index contributed by atoms with van der Waals surface area (Å²) in [5, 5.41) is 26.1. The molecule has 3 N–H and O–H groups in total. The second kappa shape index (κ2) is 8.11. The highest BCUT2D eigenvalue weighted by atomic mass is 35.5. The van der Waals surface area contributed by atoms with Crippen LogP contribution in [0.1, 0.15) is 12.0 Å². The number of nitriles is 1. The number of ether oxygens (including phenoxy) is 1. The van der Waals surface area contributed by atoms with Crippen molar-refractivity contribution in [3.63, 3.8) is 0 Å². The molecule has 1 saturated heterocycles. The van der Waals surface area contributed by atoms with Gasteiger partial charge in [-0.25, -0.2) is 4.98 Å². The topological polar surface area (TPSA) is 112 Å². The number of aromatic nitrogens is 2. The second-order valence-corrected chi connectivity index (χ2v) is 7.37. The summed E-state index contributed by atoms with van der Waals surface area (Å²) in [6, 6.07) is 5.58. The van der Waals surface area contributed by atoms with Crippen LogP contribution in [0, 0.1) is 17.2 Å². The Morgan fingerprint density at radius 2 is 2.18 bits per heavy atom. The van der Waals surface area contributed by atoms with Crippen LogP contribution in [0.25, 0.3) is 0 Å². The van der Waals surface area contributed by atoms with E-state index < -0.39 is 7.12 Å². The molecule has 11 heteroatoms. The van der Waals surface area contributed by atoms with Crippen LogP contribution in [0.3, 0.4) is 0 Å². The van der Waals surface area contributed by atoms with Gasteiger partial charge in [0.05, 0.1) is 37.4 Å². The third-order valence-electron chi connectivity index (χ3n) is 4.70. The minimum atomic E-state index is -1.01. The number of nitrogens with one attached hydrogen (secondary N) is 2. The molecule has 0 amide bonds. The summed E-state index contributed by atoms with van der Waals surface area (Å²) < 4.78 is 10.6. The SMILES string of the molecule is N#C[C@H]1CCOC[C@@H]1Nc1nc(Nc2cc(Cl)c3c(c2)COB3O)ncc1Cl. The van der Waals surface area contributed by atoms with Gasteiger partial charge in [-0.3, -0.25) is 0 Å². The first-order chi connectivity index (χ1) is 13.5. The Bertz CT molecular complexity index is 942. The maximum Gasteiger partial charge on any atom is 0.493 e. The van der Waals surface area contributed by atoms with Crippen LogP contribution in [-0.4, -0.2) is 41.4 Å². The van der Waals surface area contributed by atoms with Gasteiger partial charge >= 0.3 is 7.12 Å². The smallest absolute Gasteiger partial charge is 0.423 e. The van der Waals surface area contributed by atoms with E-state index in [2.05, 4.69) is 26.7 Å². The van der Waals surface area contributed by atoms with Crippen molar-refractivity contribution >= 4 is 53.2 Å². The van der Waals surface area contributed by atoms with E-state index in [0.29, 0.717) is 52.6 Å². The van der Waals surface area contributed by atoms with Gasteiger partial charge in [-0.05, 0) is 24.1 Å². The average Bonchev–Trinajstić information content (AvgIpc) is 3.06. The fourth-order valence-corrected chi connectivity index (χ4v) is 3.74. The zero-order chi connectivity index (χ0) is 19.7. The highest BCUT2D eigenvalue weighted by molar-refractivity contribution is 6.65. The van der Waals surface area contributed by atoms with E-state index in [0.717, 1.165) is 5.56 Å². The molecule has 0 aliphatic carbocycles. The third-order valence-corrected chi connectivity index (χ3v) is 5.29. The summed E-state index contributed by atoms with van der Waals surface area (Å²) in [6.45, 7) is 1.25. The Kier molecular flexibility index (Phi) is 5.57. The van der Waals surface area contributed by atoms with Gasteiger partial charge < -0.3 is 25.0 Å². The summed E-state index contributed by atoms with van der Waals surface area (Å²) in [5.41, 5.74) is 2.03. The molecule has 28 heavy (non-hydrogen) atoms. The van der Waals surface area contributed by atoms with Crippen molar-refractivity contribution in [1.29, 1.82) is 5.26 Å². The van der Waals surface area contributed by atoms with Gasteiger partial charge in [-0.1, -0.05) is 23.2 Å². The first-order valence-electron chi connectivity index (χ1n) is 8.70. The quantitative estimate of drug-likeness (QED) is 0.645. The van der Waals surface area contributed by atoms with E-state index >= 15 is 0 Å². The Hall–Kier alpha value is -2.09. The van der Waals surface area contributed by atoms with E-state index in [1.807, 2.05) is 6.07 Å². The van der Waals surface area contributed by atoms with Crippen molar-refractivity contribution in [2.24, 2.45) is 5.92 Å². The normalized spacial score (nSPS) is 21.1. The first kappa shape index (κ1) is 19.2. The van der Waals surface area contributed by atoms with E-state index in [1.165, 1.54) is 6.20 Å². The van der Waals surface area contributed by atoms with Crippen LogP contribution in [0.5, 0.6) is 0 Å². The third kappa shape index (κ3) is 3.88. The zero-order valence-electron chi connectivity index (χ0n) is 14.7. The van der Waals surface area contributed by atoms with Crippen molar-refractivity contribution in [2.45, 2.75) is 19.1 Å². The molecule has 0 unspecified atom stereocenters. The fraction of sp³-hybridized carbons (Fsp3) is 0.353. The minimum Gasteiger partial charge on any atom is -0.423 e. The van der Waals surface area contributed by atoms with E-state index in [-0.39, 0.29) is 18.6 Å². The van der Waals surface area contributed by atoms with Gasteiger partial charge in [0.2, 0.25) is 5.95 Å². The Labute approximate surface area is 171 Å². The molecule has 1 aromatic carbocycles. The molecule has 1 fully saturated rings. The second-order valence-electron chi connectivity index (χ2n) is 6.56. The lowest BCUT2D eigenvalue weighted by Crippen LogP contribution is -2.38. The van der Waals surface area contributed by atoms with Crippen molar-refractivity contribution in [3.8, 4) is 6.07 Å². The summed E-state index contributed by atoms with van der Waals surface area (Å²) in [6.07, 6.45) is 2.13. The van der Waals surface area contributed by atoms with Crippen molar-refractivity contribution in [3.05, 3.63) is 33.9 Å². The summed E-state index contributed by atoms with van der Waals surface area (Å²) >= 11 is 12.5. The zero-order valence-corrected chi connectivity index (χ0v) is 16.2. The maximum absolute atomic E-state index is 9.80. The lowest BCUT2D eigenvalue weighted by molar-refractivity contribution is 0.0698. The standard InChI is InChI=1S/C17H16BCl2N5O3/c19-12-4-11(3-10-7-28-18(26)15(10)12)23-17-22-6-13(20)16(25-17)24-14-8-27-2-1-9(14)5-21/h3-4,6,9,14,26H,1-2,7-8H2,(H2,22,23,24,25)/t9-,14+/m1/s1. The monoisotopic (exact) mass is 419 g/mol. The van der Waals surface area contributed by atoms with Crippen molar-refractivity contribution in [1.82, 2.24) is 9.97 Å². The fourth-order valence-electron chi connectivity index (χ4n) is 3.26. The van der Waals surface area contributed by atoms with E-state index in [4.69, 9.17) is 32.6 Å². The molecule has 0 radical (unpaired) electrons. The number of benzene rings is 1. The van der Waals surface area contributed by atoms with Gasteiger partial charge in [-0.2, -0.15) is 10.2 Å². The molecule has 2 aliphatic rings. The van der Waals surface area contributed by atoms with Gasteiger partial charge in [0.15, 0.2) is 5.82 Å². The number of nitrogens with zero attached hydrogens (tertiary/aromatic N) is 3. The Morgan fingerprint density at radius 1 is 1.32 bits per heavy atom. The molecule has 144 valence electrons. The van der Waals surface area contributed by atoms with Gasteiger partial charge in [0.1, 0.15) is 5.02 Å². The predicted molar refractivity (Wildman–Crippen MR) is 106 cm³/mol. The highest BCUT2D eigenvalue weighted by Gasteiger charge is 2.30. The molecule has 0 spiro atoms. The van der Waals surface area contributed by atoms with Crippen molar-refractivity contribution < 1.29 is 14.4 Å². The molecule has 2 aromatic rings. The van der Waals surface area contributed by atoms with Gasteiger partial charge in [0.25, 0.3) is 0 Å². The Balaban J connectivity index is 1.55. The maximum atomic E-state index is 9.80. The summed E-state index contributed by atoms with van der Waals surface area (Å²) in [7, 11) is -1.01. The molecule has 0 saturated carbocycles. The molecular formula is C17H16BCl2N5O3. The number of anilines is 3. The number of hydrogen-bond donors (Lipinski definition) is 3.